The number of carbonyl (C=O) groups excluding carboxylic acids is 1. The third-order valence-electron chi connectivity index (χ3n) is 7.08. The van der Waals surface area contributed by atoms with Crippen LogP contribution in [-0.4, -0.2) is 42.0 Å². The summed E-state index contributed by atoms with van der Waals surface area (Å²) in [5, 5.41) is 4.09. The van der Waals surface area contributed by atoms with E-state index in [1.165, 1.54) is 7.11 Å². The molecule has 8 nitrogen and oxygen atoms in total. The molecule has 9 heteroatoms. The smallest absolute Gasteiger partial charge is 0.337 e. The van der Waals surface area contributed by atoms with Crippen molar-refractivity contribution in [2.75, 3.05) is 26.2 Å². The van der Waals surface area contributed by atoms with E-state index in [0.717, 1.165) is 34.0 Å². The fourth-order valence-electron chi connectivity index (χ4n) is 5.26. The number of benzene rings is 2. The van der Waals surface area contributed by atoms with Gasteiger partial charge in [0.15, 0.2) is 5.11 Å². The largest absolute Gasteiger partial charge is 0.497 e. The molecule has 0 radical (unpaired) electrons. The number of hydrogen-bond acceptors (Lipinski definition) is 6. The standard InChI is InChI=1S/C30H30N4O4S/c1-18-16-23(19(2)33(18)21-11-9-20(10-12-21)29(35)38-5)28-27(24-8-6-7-15-31-24)32-30(39)34(28)25-14-13-22(36-3)17-26(25)37-4/h6-17,27-28H,1-5H3,(H,32,39)/t27-,28-/m0/s1. The predicted molar refractivity (Wildman–Crippen MR) is 154 cm³/mol. The van der Waals surface area contributed by atoms with Crippen LogP contribution in [0.4, 0.5) is 5.69 Å². The van der Waals surface area contributed by atoms with E-state index in [1.807, 2.05) is 48.5 Å². The maximum atomic E-state index is 12.0. The van der Waals surface area contributed by atoms with E-state index in [9.17, 15) is 4.79 Å². The van der Waals surface area contributed by atoms with Gasteiger partial charge in [0, 0.05) is 29.3 Å². The van der Waals surface area contributed by atoms with Crippen LogP contribution in [0.15, 0.2) is 72.9 Å². The first kappa shape index (κ1) is 26.2. The Kier molecular flexibility index (Phi) is 7.26. The van der Waals surface area contributed by atoms with Crippen LogP contribution in [0.5, 0.6) is 11.5 Å². The predicted octanol–water partition coefficient (Wildman–Crippen LogP) is 5.47. The Labute approximate surface area is 233 Å². The summed E-state index contributed by atoms with van der Waals surface area (Å²) >= 11 is 5.92. The Balaban J connectivity index is 1.66. The van der Waals surface area contributed by atoms with E-state index < -0.39 is 0 Å². The first-order valence-corrected chi connectivity index (χ1v) is 12.9. The second kappa shape index (κ2) is 10.8. The number of methoxy groups -OCH3 is 3. The minimum atomic E-state index is -0.365. The summed E-state index contributed by atoms with van der Waals surface area (Å²) < 4.78 is 18.2. The van der Waals surface area contributed by atoms with Crippen LogP contribution in [0, 0.1) is 13.8 Å². The highest BCUT2D eigenvalue weighted by atomic mass is 32.1. The number of aryl methyl sites for hydroxylation is 1. The minimum absolute atomic E-state index is 0.207. The summed E-state index contributed by atoms with van der Waals surface area (Å²) in [6.07, 6.45) is 1.79. The highest BCUT2D eigenvalue weighted by molar-refractivity contribution is 7.80. The van der Waals surface area contributed by atoms with Gasteiger partial charge in [-0.1, -0.05) is 6.07 Å². The molecule has 0 aliphatic carbocycles. The van der Waals surface area contributed by atoms with E-state index in [2.05, 4.69) is 39.7 Å². The van der Waals surface area contributed by atoms with Crippen molar-refractivity contribution in [2.45, 2.75) is 25.9 Å². The lowest BCUT2D eigenvalue weighted by atomic mass is 9.96. The summed E-state index contributed by atoms with van der Waals surface area (Å²) in [5.41, 5.74) is 6.34. The second-order valence-electron chi connectivity index (χ2n) is 9.23. The molecular weight excluding hydrogens is 512 g/mol. The van der Waals surface area contributed by atoms with Gasteiger partial charge in [0.05, 0.1) is 50.4 Å². The highest BCUT2D eigenvalue weighted by Crippen LogP contribution is 2.46. The molecule has 1 aliphatic heterocycles. The van der Waals surface area contributed by atoms with E-state index in [1.54, 1.807) is 32.5 Å². The number of anilines is 1. The third kappa shape index (κ3) is 4.70. The molecule has 1 N–H and O–H groups in total. The van der Waals surface area contributed by atoms with E-state index in [-0.39, 0.29) is 18.1 Å². The average molecular weight is 543 g/mol. The zero-order chi connectivity index (χ0) is 27.7. The van der Waals surface area contributed by atoms with Gasteiger partial charge in [-0.2, -0.15) is 0 Å². The van der Waals surface area contributed by atoms with Gasteiger partial charge >= 0.3 is 5.97 Å². The first-order chi connectivity index (χ1) is 18.9. The molecular formula is C30H30N4O4S. The molecule has 200 valence electrons. The number of thiocarbonyl (C=S) groups is 1. The molecule has 39 heavy (non-hydrogen) atoms. The lowest BCUT2D eigenvalue weighted by Crippen LogP contribution is -2.30. The molecule has 0 saturated carbocycles. The number of aromatic nitrogens is 2. The van der Waals surface area contributed by atoms with Crippen LogP contribution in [-0.2, 0) is 4.74 Å². The van der Waals surface area contributed by atoms with Gasteiger partial charge in [-0.25, -0.2) is 4.79 Å². The number of hydrogen-bond donors (Lipinski definition) is 1. The van der Waals surface area contributed by atoms with Gasteiger partial charge < -0.3 is 29.0 Å². The third-order valence-corrected chi connectivity index (χ3v) is 7.39. The van der Waals surface area contributed by atoms with E-state index in [4.69, 9.17) is 26.4 Å². The molecule has 0 unspecified atom stereocenters. The van der Waals surface area contributed by atoms with Crippen LogP contribution in [0.25, 0.3) is 5.69 Å². The number of nitrogens with zero attached hydrogens (tertiary/aromatic N) is 3. The minimum Gasteiger partial charge on any atom is -0.497 e. The summed E-state index contributed by atoms with van der Waals surface area (Å²) in [7, 11) is 4.65. The molecule has 1 saturated heterocycles. The number of nitrogens with one attached hydrogen (secondary N) is 1. The molecule has 2 aromatic carbocycles. The van der Waals surface area contributed by atoms with E-state index in [0.29, 0.717) is 22.2 Å². The summed E-state index contributed by atoms with van der Waals surface area (Å²) in [4.78, 5) is 18.7. The fraction of sp³-hybridized carbons (Fsp3) is 0.233. The molecule has 2 atom stereocenters. The molecule has 1 aliphatic rings. The van der Waals surface area contributed by atoms with Crippen LogP contribution in [0.2, 0.25) is 0 Å². The molecule has 5 rings (SSSR count). The Morgan fingerprint density at radius 3 is 2.38 bits per heavy atom. The van der Waals surface area contributed by atoms with Gasteiger partial charge in [-0.05, 0) is 86.2 Å². The maximum Gasteiger partial charge on any atom is 0.337 e. The lowest BCUT2D eigenvalue weighted by Gasteiger charge is -2.29. The quantitative estimate of drug-likeness (QED) is 0.243. The van der Waals surface area contributed by atoms with Gasteiger partial charge in [0.1, 0.15) is 11.5 Å². The van der Waals surface area contributed by atoms with Crippen molar-refractivity contribution in [1.29, 1.82) is 0 Å². The number of pyridine rings is 1. The zero-order valence-electron chi connectivity index (χ0n) is 22.5. The van der Waals surface area contributed by atoms with Gasteiger partial charge in [0.25, 0.3) is 0 Å². The maximum absolute atomic E-state index is 12.0. The Bertz CT molecular complexity index is 1520. The van der Waals surface area contributed by atoms with Crippen LogP contribution >= 0.6 is 12.2 Å². The molecule has 0 amide bonds. The fourth-order valence-corrected chi connectivity index (χ4v) is 5.60. The number of ether oxygens (including phenoxy) is 3. The SMILES string of the molecule is COC(=O)c1ccc(-n2c(C)cc([C@H]3[C@H](c4ccccn4)NC(=S)N3c3ccc(OC)cc3OC)c2C)cc1. The van der Waals surface area contributed by atoms with E-state index >= 15 is 0 Å². The highest BCUT2D eigenvalue weighted by Gasteiger charge is 2.43. The molecule has 1 fully saturated rings. The molecule has 0 spiro atoms. The Morgan fingerprint density at radius 1 is 0.974 bits per heavy atom. The van der Waals surface area contributed by atoms with Crippen molar-refractivity contribution in [3.8, 4) is 17.2 Å². The van der Waals surface area contributed by atoms with Crippen LogP contribution in [0.1, 0.15) is 45.1 Å². The van der Waals surface area contributed by atoms with Crippen molar-refractivity contribution >= 4 is 29.0 Å². The van der Waals surface area contributed by atoms with Gasteiger partial charge in [-0.3, -0.25) is 4.98 Å². The summed E-state index contributed by atoms with van der Waals surface area (Å²) in [6, 6.07) is 20.8. The first-order valence-electron chi connectivity index (χ1n) is 12.5. The topological polar surface area (TPSA) is 77.9 Å². The number of rotatable bonds is 7. The van der Waals surface area contributed by atoms with Crippen molar-refractivity contribution in [3.05, 3.63) is 101 Å². The number of esters is 1. The molecule has 0 bridgehead atoms. The van der Waals surface area contributed by atoms with Crippen LogP contribution < -0.4 is 19.7 Å². The van der Waals surface area contributed by atoms with Gasteiger partial charge in [0.2, 0.25) is 0 Å². The van der Waals surface area contributed by atoms with Crippen molar-refractivity contribution in [2.24, 2.45) is 0 Å². The number of carbonyl (C=O) groups is 1. The van der Waals surface area contributed by atoms with Crippen molar-refractivity contribution in [1.82, 2.24) is 14.9 Å². The summed E-state index contributed by atoms with van der Waals surface area (Å²) in [6.45, 7) is 4.16. The Morgan fingerprint density at radius 2 is 1.74 bits per heavy atom. The summed E-state index contributed by atoms with van der Waals surface area (Å²) in [5.74, 6) is 0.980. The monoisotopic (exact) mass is 542 g/mol. The van der Waals surface area contributed by atoms with Crippen LogP contribution in [0.3, 0.4) is 0 Å². The lowest BCUT2D eigenvalue weighted by molar-refractivity contribution is 0.0600. The van der Waals surface area contributed by atoms with Crippen molar-refractivity contribution < 1.29 is 19.0 Å². The molecule has 3 heterocycles. The zero-order valence-corrected chi connectivity index (χ0v) is 23.3. The van der Waals surface area contributed by atoms with Gasteiger partial charge in [-0.15, -0.1) is 0 Å². The Hall–Kier alpha value is -4.37. The average Bonchev–Trinajstić information content (AvgIpc) is 3.47. The molecule has 4 aromatic rings. The molecule has 2 aromatic heterocycles. The second-order valence-corrected chi connectivity index (χ2v) is 9.62. The normalized spacial score (nSPS) is 16.6. The van der Waals surface area contributed by atoms with Crippen molar-refractivity contribution in [3.63, 3.8) is 0 Å².